The van der Waals surface area contributed by atoms with E-state index in [1.165, 1.54) is 0 Å². The molecule has 0 saturated carbocycles. The van der Waals surface area contributed by atoms with Crippen LogP contribution < -0.4 is 14.8 Å². The predicted octanol–water partition coefficient (Wildman–Crippen LogP) is 4.17. The molecule has 0 aliphatic heterocycles. The Bertz CT molecular complexity index is 858. The molecule has 0 radical (unpaired) electrons. The quantitative estimate of drug-likeness (QED) is 0.790. The lowest BCUT2D eigenvalue weighted by Crippen LogP contribution is -2.33. The third kappa shape index (κ3) is 6.55. The minimum absolute atomic E-state index is 0.421. The van der Waals surface area contributed by atoms with Gasteiger partial charge in [0.15, 0.2) is 11.5 Å². The minimum Gasteiger partial charge on any atom is -0.493 e. The second kappa shape index (κ2) is 9.70. The molecule has 2 aromatic carbocycles. The van der Waals surface area contributed by atoms with E-state index in [4.69, 9.17) is 14.2 Å². The maximum Gasteiger partial charge on any atom is 0.407 e. The average Bonchev–Trinajstić information content (AvgIpc) is 2.65. The van der Waals surface area contributed by atoms with Crippen molar-refractivity contribution in [1.82, 2.24) is 5.32 Å². The monoisotopic (exact) mass is 381 g/mol. The van der Waals surface area contributed by atoms with Crippen molar-refractivity contribution in [3.05, 3.63) is 59.2 Å². The fourth-order valence-electron chi connectivity index (χ4n) is 2.52. The van der Waals surface area contributed by atoms with Crippen molar-refractivity contribution in [1.29, 1.82) is 0 Å². The number of carbonyl (C=O) groups is 1. The Balaban J connectivity index is 2.21. The molecule has 5 heteroatoms. The van der Waals surface area contributed by atoms with E-state index in [2.05, 4.69) is 17.2 Å². The van der Waals surface area contributed by atoms with Crippen LogP contribution in [0.3, 0.4) is 0 Å². The van der Waals surface area contributed by atoms with Crippen molar-refractivity contribution in [2.24, 2.45) is 0 Å². The lowest BCUT2D eigenvalue weighted by molar-refractivity contribution is 0.0528. The molecule has 1 N–H and O–H groups in total. The molecule has 0 fully saturated rings. The number of alkyl carbamates (subject to hydrolysis) is 1. The van der Waals surface area contributed by atoms with Gasteiger partial charge in [-0.25, -0.2) is 4.79 Å². The van der Waals surface area contributed by atoms with Crippen LogP contribution in [0.15, 0.2) is 42.5 Å². The third-order valence-corrected chi connectivity index (χ3v) is 3.79. The highest BCUT2D eigenvalue weighted by Gasteiger charge is 2.16. The van der Waals surface area contributed by atoms with Crippen LogP contribution in [0.4, 0.5) is 4.79 Å². The highest BCUT2D eigenvalue weighted by Crippen LogP contribution is 2.30. The number of ether oxygens (including phenoxy) is 3. The van der Waals surface area contributed by atoms with Gasteiger partial charge in [0.05, 0.1) is 14.2 Å². The predicted molar refractivity (Wildman–Crippen MR) is 110 cm³/mol. The van der Waals surface area contributed by atoms with E-state index in [1.54, 1.807) is 14.2 Å². The van der Waals surface area contributed by atoms with Crippen LogP contribution >= 0.6 is 0 Å². The molecule has 148 valence electrons. The summed E-state index contributed by atoms with van der Waals surface area (Å²) in [6.07, 6.45) is 0.142. The molecule has 0 spiro atoms. The van der Waals surface area contributed by atoms with Gasteiger partial charge in [-0.15, -0.1) is 0 Å². The summed E-state index contributed by atoms with van der Waals surface area (Å²) in [5, 5.41) is 2.77. The summed E-state index contributed by atoms with van der Waals surface area (Å²) in [6.45, 7) is 5.92. The smallest absolute Gasteiger partial charge is 0.407 e. The van der Waals surface area contributed by atoms with Crippen molar-refractivity contribution in [3.8, 4) is 23.3 Å². The number of hydrogen-bond acceptors (Lipinski definition) is 4. The number of carbonyl (C=O) groups excluding carboxylic acids is 1. The zero-order valence-electron chi connectivity index (χ0n) is 17.1. The molecule has 0 atom stereocenters. The molecule has 2 rings (SSSR count). The van der Waals surface area contributed by atoms with Crippen molar-refractivity contribution in [3.63, 3.8) is 0 Å². The molecule has 0 saturated heterocycles. The van der Waals surface area contributed by atoms with Crippen molar-refractivity contribution in [2.75, 3.05) is 20.8 Å². The number of hydrogen-bond donors (Lipinski definition) is 1. The van der Waals surface area contributed by atoms with Gasteiger partial charge >= 0.3 is 6.09 Å². The molecule has 0 bridgehead atoms. The number of rotatable bonds is 5. The van der Waals surface area contributed by atoms with Gasteiger partial charge in [0.25, 0.3) is 0 Å². The van der Waals surface area contributed by atoms with E-state index in [1.807, 2.05) is 63.2 Å². The highest BCUT2D eigenvalue weighted by atomic mass is 16.6. The molecule has 5 nitrogen and oxygen atoms in total. The van der Waals surface area contributed by atoms with E-state index in [-0.39, 0.29) is 0 Å². The summed E-state index contributed by atoms with van der Waals surface area (Å²) < 4.78 is 16.1. The molecule has 0 unspecified atom stereocenters. The van der Waals surface area contributed by atoms with Gasteiger partial charge < -0.3 is 19.5 Å². The first-order chi connectivity index (χ1) is 13.3. The van der Waals surface area contributed by atoms with E-state index < -0.39 is 11.7 Å². The van der Waals surface area contributed by atoms with Crippen LogP contribution in [0.5, 0.6) is 11.5 Å². The first kappa shape index (κ1) is 21.2. The van der Waals surface area contributed by atoms with Crippen LogP contribution in [0, 0.1) is 11.8 Å². The zero-order chi connectivity index (χ0) is 20.6. The van der Waals surface area contributed by atoms with Crippen LogP contribution in [-0.4, -0.2) is 32.5 Å². The number of amides is 1. The van der Waals surface area contributed by atoms with Crippen LogP contribution in [0.2, 0.25) is 0 Å². The summed E-state index contributed by atoms with van der Waals surface area (Å²) >= 11 is 0. The maximum absolute atomic E-state index is 11.9. The Morgan fingerprint density at radius 1 is 1.00 bits per heavy atom. The number of benzene rings is 2. The van der Waals surface area contributed by atoms with Gasteiger partial charge in [0, 0.05) is 17.7 Å². The molecule has 1 amide bonds. The summed E-state index contributed by atoms with van der Waals surface area (Å²) in [6, 6.07) is 13.5. The standard InChI is InChI=1S/C23H27NO4/c1-23(2,3)28-22(25)24-14-13-19-16-21(27-5)20(26-4)15-18(19)12-11-17-9-7-6-8-10-17/h6-10,15-16H,13-14H2,1-5H3,(H,24,25). The Hall–Kier alpha value is -3.13. The van der Waals surface area contributed by atoms with Gasteiger partial charge in [-0.1, -0.05) is 30.0 Å². The minimum atomic E-state index is -0.528. The van der Waals surface area contributed by atoms with Crippen LogP contribution in [-0.2, 0) is 11.2 Å². The van der Waals surface area contributed by atoms with Crippen LogP contribution in [0.25, 0.3) is 0 Å². The summed E-state index contributed by atoms with van der Waals surface area (Å²) in [7, 11) is 3.19. The first-order valence-electron chi connectivity index (χ1n) is 9.11. The van der Waals surface area contributed by atoms with Gasteiger partial charge in [0.1, 0.15) is 5.60 Å². The maximum atomic E-state index is 11.9. The molecular formula is C23H27NO4. The van der Waals surface area contributed by atoms with E-state index in [0.29, 0.717) is 24.5 Å². The van der Waals surface area contributed by atoms with Crippen molar-refractivity contribution < 1.29 is 19.0 Å². The SMILES string of the molecule is COc1cc(C#Cc2ccccc2)c(CCNC(=O)OC(C)(C)C)cc1OC. The second-order valence-electron chi connectivity index (χ2n) is 7.16. The zero-order valence-corrected chi connectivity index (χ0v) is 17.1. The van der Waals surface area contributed by atoms with E-state index >= 15 is 0 Å². The fraction of sp³-hybridized carbons (Fsp3) is 0.348. The van der Waals surface area contributed by atoms with Crippen molar-refractivity contribution in [2.45, 2.75) is 32.8 Å². The number of methoxy groups -OCH3 is 2. The number of nitrogens with one attached hydrogen (secondary N) is 1. The van der Waals surface area contributed by atoms with Gasteiger partial charge in [-0.3, -0.25) is 0 Å². The molecule has 0 heterocycles. The van der Waals surface area contributed by atoms with Crippen LogP contribution in [0.1, 0.15) is 37.5 Å². The lowest BCUT2D eigenvalue weighted by atomic mass is 10.0. The molecular weight excluding hydrogens is 354 g/mol. The summed E-state index contributed by atoms with van der Waals surface area (Å²) in [5.41, 5.74) is 2.18. The first-order valence-corrected chi connectivity index (χ1v) is 9.11. The topological polar surface area (TPSA) is 56.8 Å². The third-order valence-electron chi connectivity index (χ3n) is 3.79. The second-order valence-corrected chi connectivity index (χ2v) is 7.16. The Morgan fingerprint density at radius 3 is 2.25 bits per heavy atom. The normalized spacial score (nSPS) is 10.5. The van der Waals surface area contributed by atoms with E-state index in [0.717, 1.165) is 16.7 Å². The molecule has 0 aliphatic carbocycles. The molecule has 2 aromatic rings. The Labute approximate surface area is 167 Å². The average molecular weight is 381 g/mol. The van der Waals surface area contributed by atoms with E-state index in [9.17, 15) is 4.79 Å². The fourth-order valence-corrected chi connectivity index (χ4v) is 2.52. The largest absolute Gasteiger partial charge is 0.493 e. The lowest BCUT2D eigenvalue weighted by Gasteiger charge is -2.19. The summed E-state index contributed by atoms with van der Waals surface area (Å²) in [4.78, 5) is 11.9. The highest BCUT2D eigenvalue weighted by molar-refractivity contribution is 5.67. The molecule has 0 aliphatic rings. The Morgan fingerprint density at radius 2 is 1.64 bits per heavy atom. The van der Waals surface area contributed by atoms with Gasteiger partial charge in [0.2, 0.25) is 0 Å². The van der Waals surface area contributed by atoms with Gasteiger partial charge in [-0.2, -0.15) is 0 Å². The van der Waals surface area contributed by atoms with Gasteiger partial charge in [-0.05, 0) is 57.0 Å². The Kier molecular flexibility index (Phi) is 7.34. The van der Waals surface area contributed by atoms with Crippen molar-refractivity contribution >= 4 is 6.09 Å². The molecule has 0 aromatic heterocycles. The summed E-state index contributed by atoms with van der Waals surface area (Å²) in [5.74, 6) is 7.60. The molecule has 28 heavy (non-hydrogen) atoms.